The van der Waals surface area contributed by atoms with E-state index in [1.807, 2.05) is 13.1 Å². The molecule has 1 unspecified atom stereocenters. The van der Waals surface area contributed by atoms with Gasteiger partial charge in [0.05, 0.1) is 18.9 Å². The molecule has 1 aliphatic rings. The highest BCUT2D eigenvalue weighted by Crippen LogP contribution is 2.31. The van der Waals surface area contributed by atoms with E-state index >= 15 is 0 Å². The van der Waals surface area contributed by atoms with Gasteiger partial charge in [0.25, 0.3) is 0 Å². The van der Waals surface area contributed by atoms with E-state index in [0.29, 0.717) is 0 Å². The minimum absolute atomic E-state index is 0.0885. The Bertz CT molecular complexity index is 346. The SMILES string of the molecule is CNC(C1=CCCO1)c1ccoc1Br. The zero-order valence-corrected chi connectivity index (χ0v) is 9.50. The van der Waals surface area contributed by atoms with Crippen molar-refractivity contribution >= 4 is 15.9 Å². The summed E-state index contributed by atoms with van der Waals surface area (Å²) in [6, 6.07) is 2.03. The number of rotatable bonds is 3. The van der Waals surface area contributed by atoms with Crippen LogP contribution in [0.1, 0.15) is 18.0 Å². The Morgan fingerprint density at radius 1 is 1.57 bits per heavy atom. The zero-order valence-electron chi connectivity index (χ0n) is 7.92. The van der Waals surface area contributed by atoms with E-state index in [2.05, 4.69) is 27.3 Å². The lowest BCUT2D eigenvalue weighted by Crippen LogP contribution is -2.18. The summed E-state index contributed by atoms with van der Waals surface area (Å²) < 4.78 is 11.5. The summed E-state index contributed by atoms with van der Waals surface area (Å²) in [5.74, 6) is 0.981. The Balaban J connectivity index is 2.25. The fraction of sp³-hybridized carbons (Fsp3) is 0.400. The highest BCUT2D eigenvalue weighted by Gasteiger charge is 2.22. The molecule has 0 aromatic carbocycles. The largest absolute Gasteiger partial charge is 0.496 e. The van der Waals surface area contributed by atoms with Crippen molar-refractivity contribution in [1.29, 1.82) is 0 Å². The summed E-state index contributed by atoms with van der Waals surface area (Å²) in [4.78, 5) is 0. The first-order valence-electron chi connectivity index (χ1n) is 4.56. The van der Waals surface area contributed by atoms with Gasteiger partial charge < -0.3 is 14.5 Å². The molecule has 0 amide bonds. The van der Waals surface area contributed by atoms with Gasteiger partial charge in [0.15, 0.2) is 4.67 Å². The Morgan fingerprint density at radius 3 is 2.93 bits per heavy atom. The molecule has 1 aromatic heterocycles. The van der Waals surface area contributed by atoms with Gasteiger partial charge in [-0.25, -0.2) is 0 Å². The maximum absolute atomic E-state index is 5.52. The predicted octanol–water partition coefficient (Wildman–Crippen LogP) is 2.61. The Labute approximate surface area is 91.3 Å². The van der Waals surface area contributed by atoms with Crippen molar-refractivity contribution in [3.05, 3.63) is 34.4 Å². The number of nitrogens with one attached hydrogen (secondary N) is 1. The molecule has 4 heteroatoms. The topological polar surface area (TPSA) is 34.4 Å². The fourth-order valence-corrected chi connectivity index (χ4v) is 2.07. The molecule has 1 N–H and O–H groups in total. The highest BCUT2D eigenvalue weighted by atomic mass is 79.9. The summed E-state index contributed by atoms with van der Waals surface area (Å²) >= 11 is 3.37. The van der Waals surface area contributed by atoms with Gasteiger partial charge in [-0.2, -0.15) is 0 Å². The second-order valence-electron chi connectivity index (χ2n) is 3.11. The maximum atomic E-state index is 5.52. The minimum atomic E-state index is 0.0885. The van der Waals surface area contributed by atoms with Crippen molar-refractivity contribution in [2.24, 2.45) is 0 Å². The third-order valence-corrected chi connectivity index (χ3v) is 2.91. The monoisotopic (exact) mass is 257 g/mol. The lowest BCUT2D eigenvalue weighted by molar-refractivity contribution is 0.217. The predicted molar refractivity (Wildman–Crippen MR) is 56.9 cm³/mol. The second-order valence-corrected chi connectivity index (χ2v) is 3.84. The Kier molecular flexibility index (Phi) is 2.93. The molecule has 2 rings (SSSR count). The van der Waals surface area contributed by atoms with Crippen molar-refractivity contribution in [2.75, 3.05) is 13.7 Å². The summed E-state index contributed by atoms with van der Waals surface area (Å²) in [5, 5.41) is 3.20. The summed E-state index contributed by atoms with van der Waals surface area (Å²) in [7, 11) is 1.91. The second kappa shape index (κ2) is 4.19. The van der Waals surface area contributed by atoms with Gasteiger partial charge in [-0.15, -0.1) is 0 Å². The lowest BCUT2D eigenvalue weighted by atomic mass is 10.1. The molecule has 0 saturated heterocycles. The molecule has 2 heterocycles. The first kappa shape index (κ1) is 9.80. The average molecular weight is 258 g/mol. The molecule has 76 valence electrons. The van der Waals surface area contributed by atoms with Gasteiger partial charge in [0.2, 0.25) is 0 Å². The van der Waals surface area contributed by atoms with Gasteiger partial charge in [-0.3, -0.25) is 0 Å². The standard InChI is InChI=1S/C10H12BrNO2/c1-12-9(8-3-2-5-13-8)7-4-6-14-10(7)11/h3-4,6,9,12H,2,5H2,1H3. The molecule has 1 aromatic rings. The molecular weight excluding hydrogens is 246 g/mol. The van der Waals surface area contributed by atoms with Gasteiger partial charge in [0.1, 0.15) is 5.76 Å². The molecule has 0 radical (unpaired) electrons. The van der Waals surface area contributed by atoms with Crippen LogP contribution >= 0.6 is 15.9 Å². The van der Waals surface area contributed by atoms with Gasteiger partial charge >= 0.3 is 0 Å². The van der Waals surface area contributed by atoms with E-state index < -0.39 is 0 Å². The third kappa shape index (κ3) is 1.72. The number of likely N-dealkylation sites (N-methyl/N-ethyl adjacent to an activating group) is 1. The third-order valence-electron chi connectivity index (χ3n) is 2.26. The molecule has 0 aliphatic carbocycles. The molecular formula is C10H12BrNO2. The van der Waals surface area contributed by atoms with Crippen molar-refractivity contribution in [3.8, 4) is 0 Å². The van der Waals surface area contributed by atoms with E-state index in [9.17, 15) is 0 Å². The van der Waals surface area contributed by atoms with E-state index in [1.54, 1.807) is 6.26 Å². The normalized spacial score (nSPS) is 17.7. The van der Waals surface area contributed by atoms with Crippen LogP contribution in [-0.4, -0.2) is 13.7 Å². The molecule has 0 saturated carbocycles. The molecule has 14 heavy (non-hydrogen) atoms. The van der Waals surface area contributed by atoms with Crippen LogP contribution in [0.4, 0.5) is 0 Å². The van der Waals surface area contributed by atoms with Crippen LogP contribution < -0.4 is 5.32 Å². The van der Waals surface area contributed by atoms with Crippen LogP contribution in [0, 0.1) is 0 Å². The van der Waals surface area contributed by atoms with Gasteiger partial charge in [-0.1, -0.05) is 0 Å². The fourth-order valence-electron chi connectivity index (χ4n) is 1.60. The summed E-state index contributed by atoms with van der Waals surface area (Å²) in [5.41, 5.74) is 1.07. The number of hydrogen-bond acceptors (Lipinski definition) is 3. The first-order valence-corrected chi connectivity index (χ1v) is 5.35. The zero-order chi connectivity index (χ0) is 9.97. The van der Waals surface area contributed by atoms with Crippen molar-refractivity contribution < 1.29 is 9.15 Å². The van der Waals surface area contributed by atoms with Crippen LogP contribution in [0.5, 0.6) is 0 Å². The molecule has 0 spiro atoms. The molecule has 3 nitrogen and oxygen atoms in total. The highest BCUT2D eigenvalue weighted by molar-refractivity contribution is 9.10. The van der Waals surface area contributed by atoms with Crippen LogP contribution in [0.2, 0.25) is 0 Å². The van der Waals surface area contributed by atoms with Crippen molar-refractivity contribution in [1.82, 2.24) is 5.32 Å². The van der Waals surface area contributed by atoms with Crippen molar-refractivity contribution in [3.63, 3.8) is 0 Å². The molecule has 0 fully saturated rings. The van der Waals surface area contributed by atoms with E-state index in [4.69, 9.17) is 9.15 Å². The quantitative estimate of drug-likeness (QED) is 0.904. The van der Waals surface area contributed by atoms with E-state index in [-0.39, 0.29) is 6.04 Å². The van der Waals surface area contributed by atoms with Crippen molar-refractivity contribution in [2.45, 2.75) is 12.5 Å². The number of furan rings is 1. The van der Waals surface area contributed by atoms with Crippen LogP contribution in [-0.2, 0) is 4.74 Å². The van der Waals surface area contributed by atoms with E-state index in [0.717, 1.165) is 29.0 Å². The number of ether oxygens (including phenoxy) is 1. The molecule has 1 aliphatic heterocycles. The Hall–Kier alpha value is -0.740. The number of halogens is 1. The smallest absolute Gasteiger partial charge is 0.174 e. The average Bonchev–Trinajstić information content (AvgIpc) is 2.80. The van der Waals surface area contributed by atoms with Crippen LogP contribution in [0.15, 0.2) is 33.3 Å². The minimum Gasteiger partial charge on any atom is -0.496 e. The van der Waals surface area contributed by atoms with Gasteiger partial charge in [0, 0.05) is 12.0 Å². The molecule has 0 bridgehead atoms. The van der Waals surface area contributed by atoms with Crippen LogP contribution in [0.3, 0.4) is 0 Å². The van der Waals surface area contributed by atoms with E-state index in [1.165, 1.54) is 0 Å². The Morgan fingerprint density at radius 2 is 2.43 bits per heavy atom. The maximum Gasteiger partial charge on any atom is 0.174 e. The van der Waals surface area contributed by atoms with Gasteiger partial charge in [-0.05, 0) is 35.1 Å². The summed E-state index contributed by atoms with van der Waals surface area (Å²) in [6.07, 6.45) is 4.77. The number of hydrogen-bond donors (Lipinski definition) is 1. The van der Waals surface area contributed by atoms with Crippen LogP contribution in [0.25, 0.3) is 0 Å². The summed E-state index contributed by atoms with van der Waals surface area (Å²) in [6.45, 7) is 0.781. The first-order chi connectivity index (χ1) is 6.83. The lowest BCUT2D eigenvalue weighted by Gasteiger charge is -2.16. The molecule has 1 atom stereocenters.